The van der Waals surface area contributed by atoms with Gasteiger partial charge in [0.25, 0.3) is 5.91 Å². The fourth-order valence-corrected chi connectivity index (χ4v) is 0.847. The van der Waals surface area contributed by atoms with Crippen molar-refractivity contribution in [3.05, 3.63) is 0 Å². The molecule has 1 N–H and O–H groups in total. The van der Waals surface area contributed by atoms with Crippen molar-refractivity contribution < 1.29 is 14.3 Å². The normalized spacial score (nSPS) is 30.4. The molecule has 0 spiro atoms. The molecule has 1 amide bonds. The van der Waals surface area contributed by atoms with E-state index in [1.807, 2.05) is 0 Å². The highest BCUT2D eigenvalue weighted by Crippen LogP contribution is 2.09. The summed E-state index contributed by atoms with van der Waals surface area (Å²) in [6.45, 7) is 3.08. The average molecular weight is 143 g/mol. The Hall–Kier alpha value is -1.06. The van der Waals surface area contributed by atoms with Gasteiger partial charge in [0.1, 0.15) is 0 Å². The molecule has 1 aliphatic rings. The Labute approximate surface area is 58.5 Å². The highest BCUT2D eigenvalue weighted by Gasteiger charge is 2.38. The summed E-state index contributed by atoms with van der Waals surface area (Å²) in [4.78, 5) is 20.9. The highest BCUT2D eigenvalue weighted by atomic mass is 16.6. The molecule has 0 aromatic rings. The van der Waals surface area contributed by atoms with Crippen molar-refractivity contribution in [2.75, 3.05) is 0 Å². The Morgan fingerprint density at radius 2 is 2.30 bits per heavy atom. The van der Waals surface area contributed by atoms with E-state index in [4.69, 9.17) is 0 Å². The van der Waals surface area contributed by atoms with Gasteiger partial charge < -0.3 is 10.1 Å². The Bertz CT molecular complexity index is 178. The molecule has 56 valence electrons. The lowest BCUT2D eigenvalue weighted by Gasteiger charge is -2.32. The first-order valence-electron chi connectivity index (χ1n) is 3.09. The molecule has 0 aromatic heterocycles. The average Bonchev–Trinajstić information content (AvgIpc) is 1.84. The van der Waals surface area contributed by atoms with Gasteiger partial charge in [-0.25, -0.2) is 0 Å². The van der Waals surface area contributed by atoms with Gasteiger partial charge in [-0.3, -0.25) is 9.59 Å². The number of hydrogen-bond acceptors (Lipinski definition) is 3. The molecule has 1 saturated heterocycles. The van der Waals surface area contributed by atoms with E-state index < -0.39 is 12.1 Å². The van der Waals surface area contributed by atoms with Crippen LogP contribution in [0.3, 0.4) is 0 Å². The maximum absolute atomic E-state index is 10.6. The summed E-state index contributed by atoms with van der Waals surface area (Å²) in [6, 6.07) is -0.0311. The predicted molar refractivity (Wildman–Crippen MR) is 33.2 cm³/mol. The lowest BCUT2D eigenvalue weighted by molar-refractivity contribution is -0.163. The lowest BCUT2D eigenvalue weighted by atomic mass is 10.1. The summed E-state index contributed by atoms with van der Waals surface area (Å²) in [7, 11) is 0. The van der Waals surface area contributed by atoms with E-state index in [-0.39, 0.29) is 11.9 Å². The molecular weight excluding hydrogens is 134 g/mol. The molecule has 4 nitrogen and oxygen atoms in total. The molecule has 2 unspecified atom stereocenters. The van der Waals surface area contributed by atoms with Crippen LogP contribution in [0, 0.1) is 0 Å². The summed E-state index contributed by atoms with van der Waals surface area (Å²) in [5, 5.41) is 2.54. The molecule has 0 radical (unpaired) electrons. The molecule has 1 aliphatic heterocycles. The molecule has 10 heavy (non-hydrogen) atoms. The maximum atomic E-state index is 10.6. The van der Waals surface area contributed by atoms with Crippen molar-refractivity contribution in [1.29, 1.82) is 0 Å². The summed E-state index contributed by atoms with van der Waals surface area (Å²) in [5.41, 5.74) is 0. The van der Waals surface area contributed by atoms with E-state index in [1.54, 1.807) is 6.92 Å². The standard InChI is InChI=1S/C6H9NO3/c1-3-5(6(9)7-3)10-4(2)8/h3,5H,1-2H3,(H,7,9). The van der Waals surface area contributed by atoms with Gasteiger partial charge in [-0.2, -0.15) is 0 Å². The zero-order valence-corrected chi connectivity index (χ0v) is 5.88. The van der Waals surface area contributed by atoms with E-state index in [9.17, 15) is 9.59 Å². The second-order valence-electron chi connectivity index (χ2n) is 2.33. The first kappa shape index (κ1) is 7.05. The molecule has 0 bridgehead atoms. The van der Waals surface area contributed by atoms with Crippen molar-refractivity contribution in [2.45, 2.75) is 26.0 Å². The van der Waals surface area contributed by atoms with Crippen molar-refractivity contribution in [3.8, 4) is 0 Å². The topological polar surface area (TPSA) is 55.4 Å². The summed E-state index contributed by atoms with van der Waals surface area (Å²) in [6.07, 6.45) is -0.558. The third-order valence-corrected chi connectivity index (χ3v) is 1.38. The van der Waals surface area contributed by atoms with Crippen molar-refractivity contribution in [1.82, 2.24) is 5.32 Å². The van der Waals surface area contributed by atoms with Crippen LogP contribution in [-0.4, -0.2) is 24.0 Å². The number of nitrogens with one attached hydrogen (secondary N) is 1. The molecule has 0 saturated carbocycles. The zero-order valence-electron chi connectivity index (χ0n) is 5.88. The number of hydrogen-bond donors (Lipinski definition) is 1. The molecule has 1 rings (SSSR count). The third-order valence-electron chi connectivity index (χ3n) is 1.38. The van der Waals surface area contributed by atoms with Gasteiger partial charge in [0.15, 0.2) is 6.10 Å². The van der Waals surface area contributed by atoms with Crippen LogP contribution in [0.25, 0.3) is 0 Å². The molecular formula is C6H9NO3. The summed E-state index contributed by atoms with van der Waals surface area (Å²) < 4.78 is 4.66. The smallest absolute Gasteiger partial charge is 0.303 e. The molecule has 2 atom stereocenters. The van der Waals surface area contributed by atoms with Crippen LogP contribution in [-0.2, 0) is 14.3 Å². The fraction of sp³-hybridized carbons (Fsp3) is 0.667. The minimum absolute atomic E-state index is 0.0311. The predicted octanol–water partition coefficient (Wildman–Crippen LogP) is -0.564. The first-order valence-corrected chi connectivity index (χ1v) is 3.09. The molecule has 0 aromatic carbocycles. The minimum atomic E-state index is -0.558. The second-order valence-corrected chi connectivity index (χ2v) is 2.33. The van der Waals surface area contributed by atoms with E-state index in [2.05, 4.69) is 10.1 Å². The van der Waals surface area contributed by atoms with Crippen LogP contribution in [0.15, 0.2) is 0 Å². The molecule has 0 aliphatic carbocycles. The SMILES string of the molecule is CC(=O)OC1C(=O)NC1C. The molecule has 4 heteroatoms. The van der Waals surface area contributed by atoms with Crippen LogP contribution in [0.5, 0.6) is 0 Å². The van der Waals surface area contributed by atoms with E-state index in [0.29, 0.717) is 0 Å². The minimum Gasteiger partial charge on any atom is -0.450 e. The van der Waals surface area contributed by atoms with Crippen molar-refractivity contribution in [3.63, 3.8) is 0 Å². The summed E-state index contributed by atoms with van der Waals surface area (Å²) >= 11 is 0. The monoisotopic (exact) mass is 143 g/mol. The summed E-state index contributed by atoms with van der Waals surface area (Å²) in [5.74, 6) is -0.616. The van der Waals surface area contributed by atoms with Gasteiger partial charge in [0, 0.05) is 6.92 Å². The molecule has 1 fully saturated rings. The van der Waals surface area contributed by atoms with Crippen molar-refractivity contribution >= 4 is 11.9 Å². The van der Waals surface area contributed by atoms with Gasteiger partial charge in [-0.15, -0.1) is 0 Å². The number of carbonyl (C=O) groups is 2. The second kappa shape index (κ2) is 2.28. The number of amides is 1. The number of ether oxygens (including phenoxy) is 1. The molecule has 1 heterocycles. The van der Waals surface area contributed by atoms with Crippen LogP contribution in [0.4, 0.5) is 0 Å². The Morgan fingerprint density at radius 3 is 2.50 bits per heavy atom. The quantitative estimate of drug-likeness (QED) is 0.395. The van der Waals surface area contributed by atoms with Crippen LogP contribution >= 0.6 is 0 Å². The van der Waals surface area contributed by atoms with E-state index in [1.165, 1.54) is 6.92 Å². The van der Waals surface area contributed by atoms with Gasteiger partial charge in [-0.05, 0) is 6.92 Å². The van der Waals surface area contributed by atoms with Crippen LogP contribution in [0.1, 0.15) is 13.8 Å². The number of β-lactam (4-membered cyclic amide) rings is 1. The van der Waals surface area contributed by atoms with Gasteiger partial charge in [-0.1, -0.05) is 0 Å². The lowest BCUT2D eigenvalue weighted by Crippen LogP contribution is -2.62. The van der Waals surface area contributed by atoms with E-state index >= 15 is 0 Å². The van der Waals surface area contributed by atoms with Gasteiger partial charge >= 0.3 is 5.97 Å². The number of rotatable bonds is 1. The third kappa shape index (κ3) is 1.10. The Morgan fingerprint density at radius 1 is 1.70 bits per heavy atom. The zero-order chi connectivity index (χ0) is 7.72. The maximum Gasteiger partial charge on any atom is 0.303 e. The van der Waals surface area contributed by atoms with E-state index in [0.717, 1.165) is 0 Å². The van der Waals surface area contributed by atoms with Crippen LogP contribution in [0.2, 0.25) is 0 Å². The van der Waals surface area contributed by atoms with Crippen LogP contribution < -0.4 is 5.32 Å². The Balaban J connectivity index is 2.40. The fourth-order valence-electron chi connectivity index (χ4n) is 0.847. The van der Waals surface area contributed by atoms with Gasteiger partial charge in [0.05, 0.1) is 6.04 Å². The van der Waals surface area contributed by atoms with Crippen molar-refractivity contribution in [2.24, 2.45) is 0 Å². The highest BCUT2D eigenvalue weighted by molar-refractivity contribution is 5.89. The largest absolute Gasteiger partial charge is 0.450 e. The number of carbonyl (C=O) groups excluding carboxylic acids is 2. The Kier molecular flexibility index (Phi) is 1.61. The number of esters is 1. The first-order chi connectivity index (χ1) is 4.61. The van der Waals surface area contributed by atoms with Gasteiger partial charge in [0.2, 0.25) is 0 Å².